The summed E-state index contributed by atoms with van der Waals surface area (Å²) in [6.07, 6.45) is 5.80. The second-order valence-corrected chi connectivity index (χ2v) is 8.49. The van der Waals surface area contributed by atoms with Crippen molar-refractivity contribution in [3.05, 3.63) is 59.1 Å². The number of amides is 1. The molecule has 2 N–H and O–H groups in total. The highest BCUT2D eigenvalue weighted by atomic mass is 35.5. The van der Waals surface area contributed by atoms with E-state index in [0.29, 0.717) is 5.02 Å². The summed E-state index contributed by atoms with van der Waals surface area (Å²) in [7, 11) is 0. The number of imidazole rings is 1. The van der Waals surface area contributed by atoms with Gasteiger partial charge in [-0.2, -0.15) is 0 Å². The van der Waals surface area contributed by atoms with Crippen LogP contribution >= 0.6 is 23.4 Å². The van der Waals surface area contributed by atoms with Gasteiger partial charge in [0.15, 0.2) is 5.16 Å². The molecule has 0 unspecified atom stereocenters. The lowest BCUT2D eigenvalue weighted by atomic mass is 9.95. The molecule has 0 saturated heterocycles. The number of aromatic amines is 1. The fourth-order valence-corrected chi connectivity index (χ4v) is 4.73. The number of H-pyrrole nitrogens is 1. The first kappa shape index (κ1) is 18.4. The lowest BCUT2D eigenvalue weighted by Gasteiger charge is -2.25. The van der Waals surface area contributed by atoms with Gasteiger partial charge in [0.1, 0.15) is 5.25 Å². The number of rotatable bonds is 5. The Kier molecular flexibility index (Phi) is 5.69. The van der Waals surface area contributed by atoms with E-state index in [0.717, 1.165) is 34.6 Å². The van der Waals surface area contributed by atoms with E-state index in [-0.39, 0.29) is 17.2 Å². The second-order valence-electron chi connectivity index (χ2n) is 6.96. The Hall–Kier alpha value is -1.98. The Morgan fingerprint density at radius 3 is 2.70 bits per heavy atom. The molecule has 0 spiro atoms. The molecule has 1 aromatic heterocycles. The summed E-state index contributed by atoms with van der Waals surface area (Å²) in [6.45, 7) is 0. The maximum atomic E-state index is 13.1. The number of aromatic nitrogens is 2. The molecule has 1 aliphatic carbocycles. The van der Waals surface area contributed by atoms with Crippen LogP contribution in [0.1, 0.15) is 42.9 Å². The van der Waals surface area contributed by atoms with Crippen LogP contribution in [0.4, 0.5) is 0 Å². The van der Waals surface area contributed by atoms with Crippen LogP contribution < -0.4 is 5.32 Å². The molecule has 4 nitrogen and oxygen atoms in total. The van der Waals surface area contributed by atoms with E-state index in [1.807, 2.05) is 48.5 Å². The molecule has 1 atom stereocenters. The van der Waals surface area contributed by atoms with Gasteiger partial charge >= 0.3 is 0 Å². The summed E-state index contributed by atoms with van der Waals surface area (Å²) < 4.78 is 0. The Morgan fingerprint density at radius 1 is 1.15 bits per heavy atom. The molecule has 140 valence electrons. The van der Waals surface area contributed by atoms with Gasteiger partial charge in [-0.05, 0) is 36.6 Å². The monoisotopic (exact) mass is 399 g/mol. The average molecular weight is 400 g/mol. The molecule has 2 aromatic carbocycles. The molecular formula is C21H22ClN3OS. The summed E-state index contributed by atoms with van der Waals surface area (Å²) in [5.74, 6) is 0.0524. The number of halogens is 1. The first-order chi connectivity index (χ1) is 13.2. The molecule has 27 heavy (non-hydrogen) atoms. The Morgan fingerprint density at radius 2 is 1.93 bits per heavy atom. The van der Waals surface area contributed by atoms with Crippen molar-refractivity contribution in [2.45, 2.75) is 48.6 Å². The van der Waals surface area contributed by atoms with Crippen LogP contribution in [0.2, 0.25) is 5.02 Å². The minimum atomic E-state index is -0.343. The van der Waals surface area contributed by atoms with Crippen molar-refractivity contribution in [3.63, 3.8) is 0 Å². The van der Waals surface area contributed by atoms with E-state index < -0.39 is 0 Å². The number of carbonyl (C=O) groups is 1. The predicted molar refractivity (Wildman–Crippen MR) is 111 cm³/mol. The van der Waals surface area contributed by atoms with Gasteiger partial charge < -0.3 is 10.3 Å². The number of nitrogens with one attached hydrogen (secondary N) is 2. The number of fused-ring (bicyclic) bond motifs is 1. The van der Waals surface area contributed by atoms with Gasteiger partial charge in [0.2, 0.25) is 5.91 Å². The normalized spacial score (nSPS) is 16.3. The third kappa shape index (κ3) is 4.47. The number of benzene rings is 2. The predicted octanol–water partition coefficient (Wildman–Crippen LogP) is 5.50. The lowest BCUT2D eigenvalue weighted by Crippen LogP contribution is -2.38. The minimum absolute atomic E-state index is 0.0524. The molecule has 6 heteroatoms. The third-order valence-electron chi connectivity index (χ3n) is 4.94. The first-order valence-electron chi connectivity index (χ1n) is 9.36. The fourth-order valence-electron chi connectivity index (χ4n) is 3.55. The Balaban J connectivity index is 1.57. The van der Waals surface area contributed by atoms with Crippen LogP contribution in [-0.2, 0) is 4.79 Å². The van der Waals surface area contributed by atoms with E-state index in [1.54, 1.807) is 0 Å². The summed E-state index contributed by atoms with van der Waals surface area (Å²) in [5, 5.41) is 4.30. The largest absolute Gasteiger partial charge is 0.352 e. The quantitative estimate of drug-likeness (QED) is 0.557. The van der Waals surface area contributed by atoms with Crippen LogP contribution in [0.3, 0.4) is 0 Å². The van der Waals surface area contributed by atoms with Gasteiger partial charge in [-0.3, -0.25) is 4.79 Å². The van der Waals surface area contributed by atoms with Crippen LogP contribution in [0, 0.1) is 0 Å². The number of nitrogens with zero attached hydrogens (tertiary/aromatic N) is 1. The topological polar surface area (TPSA) is 57.8 Å². The highest BCUT2D eigenvalue weighted by Crippen LogP contribution is 2.35. The maximum Gasteiger partial charge on any atom is 0.238 e. The van der Waals surface area contributed by atoms with Gasteiger partial charge in [-0.15, -0.1) is 0 Å². The summed E-state index contributed by atoms with van der Waals surface area (Å²) >= 11 is 7.52. The molecule has 1 amide bonds. The van der Waals surface area contributed by atoms with E-state index in [2.05, 4.69) is 15.3 Å². The number of thioether (sulfide) groups is 1. The van der Waals surface area contributed by atoms with Gasteiger partial charge in [0.05, 0.1) is 11.0 Å². The minimum Gasteiger partial charge on any atom is -0.352 e. The highest BCUT2D eigenvalue weighted by molar-refractivity contribution is 8.00. The maximum absolute atomic E-state index is 13.1. The van der Waals surface area contributed by atoms with Crippen molar-refractivity contribution in [2.75, 3.05) is 0 Å². The molecule has 3 aromatic rings. The van der Waals surface area contributed by atoms with E-state index in [1.165, 1.54) is 31.0 Å². The van der Waals surface area contributed by atoms with Crippen molar-refractivity contribution < 1.29 is 4.79 Å². The first-order valence-corrected chi connectivity index (χ1v) is 10.6. The summed E-state index contributed by atoms with van der Waals surface area (Å²) in [6, 6.07) is 15.7. The molecule has 0 bridgehead atoms. The zero-order chi connectivity index (χ0) is 18.6. The van der Waals surface area contributed by atoms with Crippen molar-refractivity contribution >= 4 is 40.3 Å². The SMILES string of the molecule is O=C(NC1CCCCC1)[C@H](Sc1nc2ccc(Cl)cc2[nH]1)c1ccccc1. The van der Waals surface area contributed by atoms with Gasteiger partial charge in [-0.1, -0.05) is 73.0 Å². The van der Waals surface area contributed by atoms with Crippen LogP contribution in [-0.4, -0.2) is 21.9 Å². The van der Waals surface area contributed by atoms with E-state index in [4.69, 9.17) is 11.6 Å². The van der Waals surface area contributed by atoms with Crippen molar-refractivity contribution in [1.29, 1.82) is 0 Å². The fraction of sp³-hybridized carbons (Fsp3) is 0.333. The number of hydrogen-bond acceptors (Lipinski definition) is 3. The summed E-state index contributed by atoms with van der Waals surface area (Å²) in [4.78, 5) is 21.0. The molecule has 1 aliphatic rings. The Labute approximate surface area is 168 Å². The standard InChI is InChI=1S/C21H22ClN3OS/c22-15-11-12-17-18(13-15)25-21(24-17)27-19(14-7-3-1-4-8-14)20(26)23-16-9-5-2-6-10-16/h1,3-4,7-8,11-13,16,19H,2,5-6,9-10H2,(H,23,26)(H,24,25)/t19-/m1/s1. The number of carbonyl (C=O) groups excluding carboxylic acids is 1. The van der Waals surface area contributed by atoms with E-state index >= 15 is 0 Å². The van der Waals surface area contributed by atoms with Crippen molar-refractivity contribution in [1.82, 2.24) is 15.3 Å². The molecule has 0 radical (unpaired) electrons. The zero-order valence-corrected chi connectivity index (χ0v) is 16.5. The molecule has 0 aliphatic heterocycles. The van der Waals surface area contributed by atoms with Gasteiger partial charge in [-0.25, -0.2) is 4.98 Å². The van der Waals surface area contributed by atoms with Gasteiger partial charge in [0.25, 0.3) is 0 Å². The summed E-state index contributed by atoms with van der Waals surface area (Å²) in [5.41, 5.74) is 2.71. The smallest absolute Gasteiger partial charge is 0.238 e. The second kappa shape index (κ2) is 8.36. The highest BCUT2D eigenvalue weighted by Gasteiger charge is 2.26. The molecule has 4 rings (SSSR count). The molecular weight excluding hydrogens is 378 g/mol. The zero-order valence-electron chi connectivity index (χ0n) is 15.0. The molecule has 1 fully saturated rings. The third-order valence-corrected chi connectivity index (χ3v) is 6.32. The van der Waals surface area contributed by atoms with Crippen LogP contribution in [0.5, 0.6) is 0 Å². The van der Waals surface area contributed by atoms with Crippen LogP contribution in [0.15, 0.2) is 53.7 Å². The lowest BCUT2D eigenvalue weighted by molar-refractivity contribution is -0.121. The van der Waals surface area contributed by atoms with E-state index in [9.17, 15) is 4.79 Å². The average Bonchev–Trinajstić information content (AvgIpc) is 3.09. The van der Waals surface area contributed by atoms with Crippen molar-refractivity contribution in [3.8, 4) is 0 Å². The molecule has 1 heterocycles. The molecule has 1 saturated carbocycles. The van der Waals surface area contributed by atoms with Crippen LogP contribution in [0.25, 0.3) is 11.0 Å². The van der Waals surface area contributed by atoms with Crippen molar-refractivity contribution in [2.24, 2.45) is 0 Å². The number of hydrogen-bond donors (Lipinski definition) is 2. The van der Waals surface area contributed by atoms with Gasteiger partial charge in [0, 0.05) is 11.1 Å². The Bertz CT molecular complexity index is 922.